The van der Waals surface area contributed by atoms with Gasteiger partial charge in [0.05, 0.1) is 5.54 Å². The molecular weight excluding hydrogens is 218 g/mol. The average Bonchev–Trinajstić information content (AvgIpc) is 2.49. The van der Waals surface area contributed by atoms with Gasteiger partial charge < -0.3 is 5.32 Å². The average molecular weight is 239 g/mol. The molecule has 0 aliphatic carbocycles. The number of nitrogens with one attached hydrogen (secondary N) is 1. The van der Waals surface area contributed by atoms with Gasteiger partial charge in [-0.05, 0) is 30.7 Å². The van der Waals surface area contributed by atoms with Crippen LogP contribution in [0.25, 0.3) is 0 Å². The highest BCUT2D eigenvalue weighted by molar-refractivity contribution is 7.10. The first kappa shape index (κ1) is 13.2. The van der Waals surface area contributed by atoms with E-state index in [2.05, 4.69) is 32.2 Å². The fraction of sp³-hybridized carbons (Fsp3) is 0.615. The molecule has 1 heterocycles. The monoisotopic (exact) mass is 239 g/mol. The highest BCUT2D eigenvalue weighted by atomic mass is 32.1. The van der Waals surface area contributed by atoms with Crippen molar-refractivity contribution in [2.75, 3.05) is 0 Å². The van der Waals surface area contributed by atoms with Gasteiger partial charge in [0.15, 0.2) is 0 Å². The summed E-state index contributed by atoms with van der Waals surface area (Å²) in [6, 6.07) is 4.07. The lowest BCUT2D eigenvalue weighted by Gasteiger charge is -2.27. The zero-order valence-electron chi connectivity index (χ0n) is 10.8. The summed E-state index contributed by atoms with van der Waals surface area (Å²) >= 11 is 1.68. The van der Waals surface area contributed by atoms with E-state index in [1.807, 2.05) is 25.3 Å². The lowest BCUT2D eigenvalue weighted by molar-refractivity contribution is -0.124. The molecule has 1 amide bonds. The van der Waals surface area contributed by atoms with E-state index in [-0.39, 0.29) is 16.9 Å². The predicted molar refractivity (Wildman–Crippen MR) is 69.6 cm³/mol. The second kappa shape index (κ2) is 4.58. The third-order valence-electron chi connectivity index (χ3n) is 2.28. The van der Waals surface area contributed by atoms with Crippen LogP contribution in [0.4, 0.5) is 0 Å². The molecule has 1 rings (SSSR count). The van der Waals surface area contributed by atoms with Crippen LogP contribution < -0.4 is 5.32 Å². The van der Waals surface area contributed by atoms with Crippen molar-refractivity contribution in [2.45, 2.75) is 46.6 Å². The molecule has 0 unspecified atom stereocenters. The van der Waals surface area contributed by atoms with Gasteiger partial charge in [-0.3, -0.25) is 4.79 Å². The van der Waals surface area contributed by atoms with Crippen molar-refractivity contribution in [2.24, 2.45) is 5.41 Å². The van der Waals surface area contributed by atoms with E-state index in [9.17, 15) is 4.79 Å². The van der Waals surface area contributed by atoms with Crippen molar-refractivity contribution < 1.29 is 4.79 Å². The molecule has 0 aliphatic heterocycles. The molecule has 0 saturated carbocycles. The Labute approximate surface area is 102 Å². The van der Waals surface area contributed by atoms with E-state index in [0.717, 1.165) is 0 Å². The second-order valence-electron chi connectivity index (χ2n) is 5.89. The van der Waals surface area contributed by atoms with Crippen LogP contribution >= 0.6 is 11.3 Å². The quantitative estimate of drug-likeness (QED) is 0.859. The lowest BCUT2D eigenvalue weighted by atomic mass is 9.91. The molecular formula is C13H21NOS. The Kier molecular flexibility index (Phi) is 3.79. The van der Waals surface area contributed by atoms with Gasteiger partial charge in [0.2, 0.25) is 5.91 Å². The van der Waals surface area contributed by atoms with E-state index in [4.69, 9.17) is 0 Å². The van der Waals surface area contributed by atoms with E-state index < -0.39 is 0 Å². The Morgan fingerprint density at radius 1 is 1.31 bits per heavy atom. The largest absolute Gasteiger partial charge is 0.346 e. The van der Waals surface area contributed by atoms with Gasteiger partial charge in [-0.15, -0.1) is 11.3 Å². The molecule has 2 nitrogen and oxygen atoms in total. The first-order chi connectivity index (χ1) is 7.21. The van der Waals surface area contributed by atoms with Crippen molar-refractivity contribution in [1.82, 2.24) is 5.32 Å². The Morgan fingerprint density at radius 3 is 2.38 bits per heavy atom. The number of amides is 1. The highest BCUT2D eigenvalue weighted by Crippen LogP contribution is 2.26. The molecule has 90 valence electrons. The van der Waals surface area contributed by atoms with Crippen LogP contribution in [0.2, 0.25) is 0 Å². The van der Waals surface area contributed by atoms with Gasteiger partial charge in [0.1, 0.15) is 0 Å². The number of carbonyl (C=O) groups is 1. The number of hydrogen-bond acceptors (Lipinski definition) is 2. The van der Waals surface area contributed by atoms with Crippen molar-refractivity contribution >= 4 is 17.2 Å². The third-order valence-corrected chi connectivity index (χ3v) is 3.47. The van der Waals surface area contributed by atoms with Gasteiger partial charge in [-0.2, -0.15) is 0 Å². The predicted octanol–water partition coefficient (Wildman–Crippen LogP) is 3.54. The van der Waals surface area contributed by atoms with Gasteiger partial charge >= 0.3 is 0 Å². The minimum absolute atomic E-state index is 0.0373. The van der Waals surface area contributed by atoms with Crippen molar-refractivity contribution in [3.63, 3.8) is 0 Å². The molecule has 1 aromatic heterocycles. The maximum Gasteiger partial charge on any atom is 0.221 e. The van der Waals surface area contributed by atoms with E-state index in [1.165, 1.54) is 4.88 Å². The first-order valence-corrected chi connectivity index (χ1v) is 6.44. The van der Waals surface area contributed by atoms with Crippen LogP contribution in [0.1, 0.15) is 45.9 Å². The fourth-order valence-corrected chi connectivity index (χ4v) is 2.38. The Balaban J connectivity index is 2.64. The van der Waals surface area contributed by atoms with Crippen molar-refractivity contribution in [1.29, 1.82) is 0 Å². The summed E-state index contributed by atoms with van der Waals surface area (Å²) in [6.07, 6.45) is 0.557. The van der Waals surface area contributed by atoms with Crippen LogP contribution in [-0.4, -0.2) is 5.91 Å². The lowest BCUT2D eigenvalue weighted by Crippen LogP contribution is -2.41. The maximum absolute atomic E-state index is 11.9. The standard InChI is InChI=1S/C13H21NOS/c1-12(2,3)9-11(15)14-13(4,5)10-7-6-8-16-10/h6-8H,9H2,1-5H3,(H,14,15). The number of carbonyl (C=O) groups excluding carboxylic acids is 1. The van der Waals surface area contributed by atoms with Crippen LogP contribution in [-0.2, 0) is 10.3 Å². The van der Waals surface area contributed by atoms with Gasteiger partial charge in [-0.25, -0.2) is 0 Å². The van der Waals surface area contributed by atoms with Gasteiger partial charge in [0.25, 0.3) is 0 Å². The molecule has 0 aromatic carbocycles. The molecule has 0 saturated heterocycles. The van der Waals surface area contributed by atoms with Crippen molar-refractivity contribution in [3.05, 3.63) is 22.4 Å². The minimum Gasteiger partial charge on any atom is -0.346 e. The van der Waals surface area contributed by atoms with E-state index >= 15 is 0 Å². The topological polar surface area (TPSA) is 29.1 Å². The highest BCUT2D eigenvalue weighted by Gasteiger charge is 2.25. The normalized spacial score (nSPS) is 12.6. The smallest absolute Gasteiger partial charge is 0.221 e. The summed E-state index contributed by atoms with van der Waals surface area (Å²) in [5.41, 5.74) is -0.230. The summed E-state index contributed by atoms with van der Waals surface area (Å²) < 4.78 is 0. The zero-order chi connectivity index (χ0) is 12.4. The zero-order valence-corrected chi connectivity index (χ0v) is 11.6. The second-order valence-corrected chi connectivity index (χ2v) is 6.84. The molecule has 0 radical (unpaired) electrons. The maximum atomic E-state index is 11.9. The molecule has 0 bridgehead atoms. The molecule has 1 N–H and O–H groups in total. The van der Waals surface area contributed by atoms with E-state index in [1.54, 1.807) is 11.3 Å². The first-order valence-electron chi connectivity index (χ1n) is 5.56. The third kappa shape index (κ3) is 3.97. The Bertz CT molecular complexity index is 347. The minimum atomic E-state index is -0.267. The fourth-order valence-electron chi connectivity index (χ4n) is 1.57. The Hall–Kier alpha value is -0.830. The number of thiophene rings is 1. The van der Waals surface area contributed by atoms with Crippen LogP contribution in [0.3, 0.4) is 0 Å². The molecule has 0 aliphatic rings. The molecule has 16 heavy (non-hydrogen) atoms. The SMILES string of the molecule is CC(C)(C)CC(=O)NC(C)(C)c1cccs1. The van der Waals surface area contributed by atoms with Crippen LogP contribution in [0.15, 0.2) is 17.5 Å². The summed E-state index contributed by atoms with van der Waals surface area (Å²) in [5, 5.41) is 5.12. The van der Waals surface area contributed by atoms with Gasteiger partial charge in [-0.1, -0.05) is 26.8 Å². The molecule has 0 spiro atoms. The number of hydrogen-bond donors (Lipinski definition) is 1. The van der Waals surface area contributed by atoms with E-state index in [0.29, 0.717) is 6.42 Å². The summed E-state index contributed by atoms with van der Waals surface area (Å²) in [4.78, 5) is 13.1. The van der Waals surface area contributed by atoms with Crippen LogP contribution in [0.5, 0.6) is 0 Å². The molecule has 0 fully saturated rings. The molecule has 1 aromatic rings. The van der Waals surface area contributed by atoms with Crippen molar-refractivity contribution in [3.8, 4) is 0 Å². The number of rotatable bonds is 3. The molecule has 3 heteroatoms. The van der Waals surface area contributed by atoms with Crippen LogP contribution in [0, 0.1) is 5.41 Å². The van der Waals surface area contributed by atoms with Gasteiger partial charge in [0, 0.05) is 11.3 Å². The summed E-state index contributed by atoms with van der Waals surface area (Å²) in [5.74, 6) is 0.117. The Morgan fingerprint density at radius 2 is 1.94 bits per heavy atom. The summed E-state index contributed by atoms with van der Waals surface area (Å²) in [7, 11) is 0. The molecule has 0 atom stereocenters. The summed E-state index contributed by atoms with van der Waals surface area (Å²) in [6.45, 7) is 10.3.